The number of carboxylic acids is 1. The zero-order valence-corrected chi connectivity index (χ0v) is 15.6. The molecule has 5 nitrogen and oxygen atoms in total. The van der Waals surface area contributed by atoms with Gasteiger partial charge in [0.15, 0.2) is 6.04 Å². The maximum Gasteiger partial charge on any atom is 0.330 e. The molecule has 0 aliphatic heterocycles. The molecule has 2 rings (SSSR count). The van der Waals surface area contributed by atoms with Crippen LogP contribution in [-0.4, -0.2) is 23.1 Å². The number of amides is 1. The zero-order chi connectivity index (χ0) is 19.3. The fourth-order valence-corrected chi connectivity index (χ4v) is 2.59. The molecule has 1 unspecified atom stereocenters. The third kappa shape index (κ3) is 4.92. The number of carbonyl (C=O) groups excluding carboxylic acids is 1. The van der Waals surface area contributed by atoms with E-state index in [1.54, 1.807) is 24.3 Å². The third-order valence-electron chi connectivity index (χ3n) is 4.28. The molecule has 138 valence electrons. The topological polar surface area (TPSA) is 75.6 Å². The van der Waals surface area contributed by atoms with Crippen LogP contribution < -0.4 is 5.32 Å². The minimum atomic E-state index is -1.09. The van der Waals surface area contributed by atoms with Crippen molar-refractivity contribution in [2.75, 3.05) is 0 Å². The predicted octanol–water partition coefficient (Wildman–Crippen LogP) is 3.78. The largest absolute Gasteiger partial charge is 0.479 e. The first kappa shape index (κ1) is 19.7. The van der Waals surface area contributed by atoms with Crippen molar-refractivity contribution < 1.29 is 19.4 Å². The fraction of sp³-hybridized carbons (Fsp3) is 0.333. The van der Waals surface area contributed by atoms with Gasteiger partial charge >= 0.3 is 5.97 Å². The lowest BCUT2D eigenvalue weighted by molar-refractivity contribution is -0.139. The molecule has 0 saturated heterocycles. The van der Waals surface area contributed by atoms with Gasteiger partial charge in [0, 0.05) is 5.56 Å². The Kier molecular flexibility index (Phi) is 6.52. The molecule has 0 aliphatic carbocycles. The summed E-state index contributed by atoms with van der Waals surface area (Å²) in [5.74, 6) is -1.51. The van der Waals surface area contributed by atoms with E-state index in [1.807, 2.05) is 45.9 Å². The predicted molar refractivity (Wildman–Crippen MR) is 100 cm³/mol. The summed E-state index contributed by atoms with van der Waals surface area (Å²) in [6, 6.07) is 11.3. The third-order valence-corrected chi connectivity index (χ3v) is 4.28. The van der Waals surface area contributed by atoms with Crippen molar-refractivity contribution in [2.45, 2.75) is 46.4 Å². The highest BCUT2D eigenvalue weighted by Crippen LogP contribution is 2.21. The quantitative estimate of drug-likeness (QED) is 0.792. The Morgan fingerprint density at radius 3 is 2.31 bits per heavy atom. The number of rotatable bonds is 7. The molecule has 5 heteroatoms. The number of hydrogen-bond acceptors (Lipinski definition) is 3. The highest BCUT2D eigenvalue weighted by atomic mass is 16.5. The Bertz CT molecular complexity index is 781. The fourth-order valence-electron chi connectivity index (χ4n) is 2.59. The van der Waals surface area contributed by atoms with Crippen LogP contribution in [0.3, 0.4) is 0 Å². The number of aliphatic carboxylic acids is 1. The summed E-state index contributed by atoms with van der Waals surface area (Å²) < 4.78 is 5.53. The Balaban J connectivity index is 2.15. The molecule has 0 heterocycles. The molecule has 0 aliphatic rings. The Hall–Kier alpha value is -2.66. The summed E-state index contributed by atoms with van der Waals surface area (Å²) in [6.07, 6.45) is 0.131. The van der Waals surface area contributed by atoms with Gasteiger partial charge in [0.2, 0.25) is 0 Å². The Morgan fingerprint density at radius 2 is 1.73 bits per heavy atom. The number of carbonyl (C=O) groups is 2. The van der Waals surface area contributed by atoms with E-state index in [0.29, 0.717) is 17.7 Å². The summed E-state index contributed by atoms with van der Waals surface area (Å²) >= 11 is 0. The second kappa shape index (κ2) is 8.63. The molecule has 1 atom stereocenters. The number of ether oxygens (including phenoxy) is 1. The summed E-state index contributed by atoms with van der Waals surface area (Å²) in [5.41, 5.74) is 3.81. The molecule has 26 heavy (non-hydrogen) atoms. The average molecular weight is 355 g/mol. The van der Waals surface area contributed by atoms with Crippen LogP contribution in [0.2, 0.25) is 0 Å². The first-order valence-corrected chi connectivity index (χ1v) is 8.60. The molecule has 0 spiro atoms. The minimum Gasteiger partial charge on any atom is -0.479 e. The van der Waals surface area contributed by atoms with Crippen LogP contribution >= 0.6 is 0 Å². The van der Waals surface area contributed by atoms with Gasteiger partial charge in [0.25, 0.3) is 5.91 Å². The van der Waals surface area contributed by atoms with Crippen LogP contribution in [0, 0.1) is 13.8 Å². The molecular formula is C21H25NO4. The van der Waals surface area contributed by atoms with Crippen molar-refractivity contribution >= 4 is 11.9 Å². The van der Waals surface area contributed by atoms with Gasteiger partial charge in [0.05, 0.1) is 12.7 Å². The van der Waals surface area contributed by atoms with E-state index in [-0.39, 0.29) is 6.10 Å². The number of nitrogens with one attached hydrogen (secondary N) is 1. The van der Waals surface area contributed by atoms with E-state index in [0.717, 1.165) is 16.7 Å². The lowest BCUT2D eigenvalue weighted by Crippen LogP contribution is -2.34. The molecule has 0 fully saturated rings. The molecule has 0 bridgehead atoms. The van der Waals surface area contributed by atoms with Crippen molar-refractivity contribution in [3.05, 3.63) is 70.3 Å². The summed E-state index contributed by atoms with van der Waals surface area (Å²) in [6.45, 7) is 8.16. The van der Waals surface area contributed by atoms with Gasteiger partial charge in [-0.25, -0.2) is 4.79 Å². The second-order valence-corrected chi connectivity index (χ2v) is 6.59. The molecular weight excluding hydrogens is 330 g/mol. The molecule has 2 aromatic rings. The summed E-state index contributed by atoms with van der Waals surface area (Å²) in [5, 5.41) is 12.2. The molecule has 0 radical (unpaired) electrons. The van der Waals surface area contributed by atoms with Gasteiger partial charge in [-0.2, -0.15) is 0 Å². The van der Waals surface area contributed by atoms with E-state index in [1.165, 1.54) is 0 Å². The monoisotopic (exact) mass is 355 g/mol. The van der Waals surface area contributed by atoms with Gasteiger partial charge in [-0.05, 0) is 62.1 Å². The van der Waals surface area contributed by atoms with E-state index in [2.05, 4.69) is 5.32 Å². The van der Waals surface area contributed by atoms with Crippen LogP contribution in [0.25, 0.3) is 0 Å². The van der Waals surface area contributed by atoms with Gasteiger partial charge < -0.3 is 15.2 Å². The SMILES string of the molecule is Cc1cccc(C(NC(=O)c2ccc(COC(C)C)cc2)C(=O)O)c1C. The maximum absolute atomic E-state index is 12.5. The van der Waals surface area contributed by atoms with E-state index < -0.39 is 17.9 Å². The van der Waals surface area contributed by atoms with Gasteiger partial charge in [-0.1, -0.05) is 30.3 Å². The van der Waals surface area contributed by atoms with Gasteiger partial charge in [-0.15, -0.1) is 0 Å². The van der Waals surface area contributed by atoms with Crippen molar-refractivity contribution in [1.29, 1.82) is 0 Å². The van der Waals surface area contributed by atoms with Crippen LogP contribution in [0.1, 0.15) is 52.5 Å². The standard InChI is InChI=1S/C21H25NO4/c1-13(2)26-12-16-8-10-17(11-9-16)20(23)22-19(21(24)25)18-7-5-6-14(3)15(18)4/h5-11,13,19H,12H2,1-4H3,(H,22,23)(H,24,25). The van der Waals surface area contributed by atoms with Crippen LogP contribution in [0.4, 0.5) is 0 Å². The normalized spacial score (nSPS) is 12.0. The summed E-state index contributed by atoms with van der Waals surface area (Å²) in [7, 11) is 0. The van der Waals surface area contributed by atoms with Gasteiger partial charge in [0.1, 0.15) is 0 Å². The molecule has 1 amide bonds. The van der Waals surface area contributed by atoms with Crippen LogP contribution in [0.15, 0.2) is 42.5 Å². The average Bonchev–Trinajstić information content (AvgIpc) is 2.60. The highest BCUT2D eigenvalue weighted by Gasteiger charge is 2.24. The lowest BCUT2D eigenvalue weighted by atomic mass is 9.97. The summed E-state index contributed by atoms with van der Waals surface area (Å²) in [4.78, 5) is 24.2. The second-order valence-electron chi connectivity index (χ2n) is 6.59. The Labute approximate surface area is 154 Å². The van der Waals surface area contributed by atoms with Crippen molar-refractivity contribution in [3.8, 4) is 0 Å². The maximum atomic E-state index is 12.5. The first-order chi connectivity index (χ1) is 12.3. The molecule has 2 N–H and O–H groups in total. The lowest BCUT2D eigenvalue weighted by Gasteiger charge is -2.18. The smallest absolute Gasteiger partial charge is 0.330 e. The van der Waals surface area contributed by atoms with E-state index in [4.69, 9.17) is 4.74 Å². The van der Waals surface area contributed by atoms with Crippen molar-refractivity contribution in [2.24, 2.45) is 0 Å². The van der Waals surface area contributed by atoms with Crippen molar-refractivity contribution in [1.82, 2.24) is 5.32 Å². The molecule has 0 saturated carbocycles. The first-order valence-electron chi connectivity index (χ1n) is 8.60. The Morgan fingerprint density at radius 1 is 1.08 bits per heavy atom. The van der Waals surface area contributed by atoms with Crippen LogP contribution in [-0.2, 0) is 16.1 Å². The van der Waals surface area contributed by atoms with E-state index >= 15 is 0 Å². The molecule has 2 aromatic carbocycles. The van der Waals surface area contributed by atoms with E-state index in [9.17, 15) is 14.7 Å². The molecule has 0 aromatic heterocycles. The zero-order valence-electron chi connectivity index (χ0n) is 15.6. The number of carboxylic acid groups (broad SMARTS) is 1. The number of aryl methyl sites for hydroxylation is 1. The van der Waals surface area contributed by atoms with Gasteiger partial charge in [-0.3, -0.25) is 4.79 Å². The highest BCUT2D eigenvalue weighted by molar-refractivity contribution is 5.97. The van der Waals surface area contributed by atoms with Crippen LogP contribution in [0.5, 0.6) is 0 Å². The van der Waals surface area contributed by atoms with Crippen molar-refractivity contribution in [3.63, 3.8) is 0 Å². The number of benzene rings is 2. The number of hydrogen-bond donors (Lipinski definition) is 2. The minimum absolute atomic E-state index is 0.131.